The van der Waals surface area contributed by atoms with Gasteiger partial charge in [-0.15, -0.1) is 0 Å². The van der Waals surface area contributed by atoms with Crippen LogP contribution in [-0.2, 0) is 9.59 Å². The van der Waals surface area contributed by atoms with E-state index in [4.69, 9.17) is 10.2 Å². The van der Waals surface area contributed by atoms with Gasteiger partial charge in [-0.2, -0.15) is 0 Å². The second-order valence-electron chi connectivity index (χ2n) is 2.70. The average molecular weight is 201 g/mol. The Bertz CT molecular complexity index is 140. The molecule has 2 N–H and O–H groups in total. The van der Waals surface area contributed by atoms with Crippen molar-refractivity contribution < 1.29 is 19.8 Å². The Hall–Kier alpha value is -0.294. The molecular formula is C8H16MgO4. The first-order chi connectivity index (χ1) is 5.63. The summed E-state index contributed by atoms with van der Waals surface area (Å²) in [5, 5.41) is 16.5. The second kappa shape index (κ2) is 9.79. The Morgan fingerprint density at radius 3 is 1.31 bits per heavy atom. The van der Waals surface area contributed by atoms with E-state index in [1.807, 2.05) is 0 Å². The number of rotatable bonds is 7. The van der Waals surface area contributed by atoms with Crippen molar-refractivity contribution in [3.63, 3.8) is 0 Å². The summed E-state index contributed by atoms with van der Waals surface area (Å²) in [4.78, 5) is 20.1. The van der Waals surface area contributed by atoms with Crippen molar-refractivity contribution in [2.45, 2.75) is 38.5 Å². The van der Waals surface area contributed by atoms with Gasteiger partial charge in [-0.05, 0) is 12.8 Å². The second-order valence-corrected chi connectivity index (χ2v) is 2.70. The quantitative estimate of drug-likeness (QED) is 0.466. The number of hydrogen-bond acceptors (Lipinski definition) is 2. The molecule has 74 valence electrons. The fourth-order valence-corrected chi connectivity index (χ4v) is 0.906. The van der Waals surface area contributed by atoms with Crippen LogP contribution in [0.15, 0.2) is 0 Å². The molecule has 5 heteroatoms. The lowest BCUT2D eigenvalue weighted by Gasteiger charge is -1.96. The molecule has 0 aromatic carbocycles. The van der Waals surface area contributed by atoms with Crippen LogP contribution in [0.25, 0.3) is 0 Å². The third-order valence-electron chi connectivity index (χ3n) is 1.53. The molecule has 0 fully saturated rings. The van der Waals surface area contributed by atoms with Crippen LogP contribution in [-0.4, -0.2) is 45.2 Å². The molecule has 0 amide bonds. The molecule has 0 heterocycles. The van der Waals surface area contributed by atoms with Crippen LogP contribution in [0.2, 0.25) is 0 Å². The number of carboxylic acid groups (broad SMARTS) is 2. The summed E-state index contributed by atoms with van der Waals surface area (Å²) in [7, 11) is 0. The van der Waals surface area contributed by atoms with Gasteiger partial charge >= 0.3 is 35.0 Å². The zero-order valence-corrected chi connectivity index (χ0v) is 6.95. The van der Waals surface area contributed by atoms with Gasteiger partial charge in [0.15, 0.2) is 0 Å². The summed E-state index contributed by atoms with van der Waals surface area (Å²) >= 11 is 0. The lowest BCUT2D eigenvalue weighted by atomic mass is 10.1. The lowest BCUT2D eigenvalue weighted by Crippen LogP contribution is -1.95. The van der Waals surface area contributed by atoms with Gasteiger partial charge in [-0.25, -0.2) is 0 Å². The maximum absolute atomic E-state index is 10.0. The molecular weight excluding hydrogens is 184 g/mol. The predicted octanol–water partition coefficient (Wildman–Crippen LogP) is 0.580. The van der Waals surface area contributed by atoms with Gasteiger partial charge in [0.25, 0.3) is 0 Å². The number of carbonyl (C=O) groups is 2. The topological polar surface area (TPSA) is 74.6 Å². The molecule has 0 aromatic rings. The molecule has 0 aromatic heterocycles. The third kappa shape index (κ3) is 14.5. The molecule has 0 aliphatic heterocycles. The van der Waals surface area contributed by atoms with E-state index in [1.165, 1.54) is 0 Å². The Kier molecular flexibility index (Phi) is 11.4. The van der Waals surface area contributed by atoms with Crippen LogP contribution in [0.4, 0.5) is 0 Å². The van der Waals surface area contributed by atoms with Crippen molar-refractivity contribution >= 4 is 35.0 Å². The number of hydrogen-bond donors (Lipinski definition) is 2. The maximum atomic E-state index is 10.0. The highest BCUT2D eigenvalue weighted by molar-refractivity contribution is 5.75. The van der Waals surface area contributed by atoms with E-state index in [0.717, 1.165) is 12.8 Å². The van der Waals surface area contributed by atoms with Crippen molar-refractivity contribution in [3.05, 3.63) is 0 Å². The zero-order chi connectivity index (χ0) is 9.40. The Morgan fingerprint density at radius 1 is 0.769 bits per heavy atom. The molecule has 0 saturated heterocycles. The van der Waals surface area contributed by atoms with Gasteiger partial charge in [0.1, 0.15) is 0 Å². The smallest absolute Gasteiger partial charge is 0.316 e. The highest BCUT2D eigenvalue weighted by atomic mass is 24.3. The molecule has 0 bridgehead atoms. The molecule has 4 nitrogen and oxygen atoms in total. The third-order valence-corrected chi connectivity index (χ3v) is 1.53. The minimum atomic E-state index is -0.784. The monoisotopic (exact) mass is 200 g/mol. The van der Waals surface area contributed by atoms with Crippen LogP contribution in [0.3, 0.4) is 0 Å². The van der Waals surface area contributed by atoms with Gasteiger partial charge in [0, 0.05) is 12.8 Å². The summed E-state index contributed by atoms with van der Waals surface area (Å²) in [5.74, 6) is -1.57. The SMILES string of the molecule is O=C(O)CCCCCCC(=O)O.[MgH2]. The highest BCUT2D eigenvalue weighted by Crippen LogP contribution is 2.04. The van der Waals surface area contributed by atoms with Gasteiger partial charge in [0.05, 0.1) is 0 Å². The van der Waals surface area contributed by atoms with E-state index < -0.39 is 11.9 Å². The van der Waals surface area contributed by atoms with Gasteiger partial charge in [-0.3, -0.25) is 9.59 Å². The molecule has 0 radical (unpaired) electrons. The first kappa shape index (κ1) is 15.2. The lowest BCUT2D eigenvalue weighted by molar-refractivity contribution is -0.138. The molecule has 0 saturated carbocycles. The van der Waals surface area contributed by atoms with E-state index in [1.54, 1.807) is 0 Å². The van der Waals surface area contributed by atoms with Crippen LogP contribution in [0, 0.1) is 0 Å². The van der Waals surface area contributed by atoms with Gasteiger partial charge in [0.2, 0.25) is 0 Å². The zero-order valence-electron chi connectivity index (χ0n) is 6.95. The molecule has 0 rings (SSSR count). The Labute approximate surface area is 93.5 Å². The molecule has 0 spiro atoms. The van der Waals surface area contributed by atoms with Crippen molar-refractivity contribution in [2.75, 3.05) is 0 Å². The first-order valence-electron chi connectivity index (χ1n) is 4.06. The summed E-state index contributed by atoms with van der Waals surface area (Å²) in [5.41, 5.74) is 0. The molecule has 0 aliphatic carbocycles. The summed E-state index contributed by atoms with van der Waals surface area (Å²) < 4.78 is 0. The maximum Gasteiger partial charge on any atom is 0.316 e. The van der Waals surface area contributed by atoms with Crippen molar-refractivity contribution in [1.29, 1.82) is 0 Å². The first-order valence-corrected chi connectivity index (χ1v) is 4.06. The fraction of sp³-hybridized carbons (Fsp3) is 0.750. The van der Waals surface area contributed by atoms with Crippen molar-refractivity contribution in [3.8, 4) is 0 Å². The van der Waals surface area contributed by atoms with E-state index in [0.29, 0.717) is 12.8 Å². The van der Waals surface area contributed by atoms with Gasteiger partial charge in [-0.1, -0.05) is 12.8 Å². The molecule has 0 aliphatic rings. The van der Waals surface area contributed by atoms with E-state index in [9.17, 15) is 9.59 Å². The average Bonchev–Trinajstić information content (AvgIpc) is 1.95. The Balaban J connectivity index is 0. The predicted molar refractivity (Wildman–Crippen MR) is 51.5 cm³/mol. The molecule has 13 heavy (non-hydrogen) atoms. The minimum Gasteiger partial charge on any atom is -0.481 e. The number of carboxylic acids is 2. The summed E-state index contributed by atoms with van der Waals surface area (Å²) in [6.45, 7) is 0. The molecule has 0 unspecified atom stereocenters. The van der Waals surface area contributed by atoms with Crippen LogP contribution >= 0.6 is 0 Å². The van der Waals surface area contributed by atoms with Gasteiger partial charge < -0.3 is 10.2 Å². The fourth-order valence-electron chi connectivity index (χ4n) is 0.906. The standard InChI is InChI=1S/C8H14O4.Mg.2H/c9-7(10)5-3-1-2-4-6-8(11)12;;;/h1-6H2,(H,9,10)(H,11,12);;;. The summed E-state index contributed by atoms with van der Waals surface area (Å²) in [6.07, 6.45) is 3.28. The van der Waals surface area contributed by atoms with Crippen molar-refractivity contribution in [1.82, 2.24) is 0 Å². The van der Waals surface area contributed by atoms with E-state index in [2.05, 4.69) is 0 Å². The number of unbranched alkanes of at least 4 members (excludes halogenated alkanes) is 3. The normalized spacial score (nSPS) is 8.92. The van der Waals surface area contributed by atoms with E-state index >= 15 is 0 Å². The summed E-state index contributed by atoms with van der Waals surface area (Å²) in [6, 6.07) is 0. The van der Waals surface area contributed by atoms with E-state index in [-0.39, 0.29) is 35.9 Å². The van der Waals surface area contributed by atoms with Crippen LogP contribution < -0.4 is 0 Å². The Morgan fingerprint density at radius 2 is 1.08 bits per heavy atom. The highest BCUT2D eigenvalue weighted by Gasteiger charge is 1.98. The number of aliphatic carboxylic acids is 2. The largest absolute Gasteiger partial charge is 0.481 e. The van der Waals surface area contributed by atoms with Crippen LogP contribution in [0.5, 0.6) is 0 Å². The van der Waals surface area contributed by atoms with Crippen LogP contribution in [0.1, 0.15) is 38.5 Å². The molecule has 0 atom stereocenters. The minimum absolute atomic E-state index is 0. The van der Waals surface area contributed by atoms with Crippen molar-refractivity contribution in [2.24, 2.45) is 0 Å².